The van der Waals surface area contributed by atoms with E-state index >= 15 is 0 Å². The number of esters is 1. The minimum Gasteiger partial charge on any atom is -0.493 e. The molecule has 0 aliphatic heterocycles. The standard InChI is InChI=1S/C30H25N3O10S2/c1-40-22-15-19-20(16-23(22)43-30(37)42-12-13-44-45-24-6-3-4-10-31-24)28(35)26-18-9-8-17(33(38)39)14-21(18)29(36)32(27(19)26)11-5-7-25(34)41-2/h3-4,6,8-10,14-16H,5,7,11-13H2,1-2H3. The van der Waals surface area contributed by atoms with Gasteiger partial charge in [-0.1, -0.05) is 16.9 Å². The van der Waals surface area contributed by atoms with E-state index in [0.29, 0.717) is 11.3 Å². The summed E-state index contributed by atoms with van der Waals surface area (Å²) in [6, 6.07) is 12.1. The lowest BCUT2D eigenvalue weighted by Crippen LogP contribution is -2.24. The van der Waals surface area contributed by atoms with Crippen LogP contribution in [-0.4, -0.2) is 59.0 Å². The molecule has 0 unspecified atom stereocenters. The molecule has 2 aromatic carbocycles. The van der Waals surface area contributed by atoms with E-state index in [9.17, 15) is 29.3 Å². The van der Waals surface area contributed by atoms with Crippen LogP contribution in [0.5, 0.6) is 11.5 Å². The number of carbonyl (C=O) groups excluding carboxylic acids is 3. The number of ketones is 1. The Labute approximate surface area is 263 Å². The van der Waals surface area contributed by atoms with Crippen LogP contribution in [0, 0.1) is 10.1 Å². The summed E-state index contributed by atoms with van der Waals surface area (Å²) < 4.78 is 22.1. The summed E-state index contributed by atoms with van der Waals surface area (Å²) in [5, 5.41) is 12.5. The Kier molecular flexibility index (Phi) is 9.68. The van der Waals surface area contributed by atoms with Crippen molar-refractivity contribution in [3.63, 3.8) is 0 Å². The van der Waals surface area contributed by atoms with Gasteiger partial charge in [-0.25, -0.2) is 9.78 Å². The van der Waals surface area contributed by atoms with E-state index in [1.54, 1.807) is 6.20 Å². The summed E-state index contributed by atoms with van der Waals surface area (Å²) in [4.78, 5) is 66.9. The van der Waals surface area contributed by atoms with Gasteiger partial charge >= 0.3 is 12.1 Å². The number of aromatic nitrogens is 2. The van der Waals surface area contributed by atoms with E-state index in [2.05, 4.69) is 4.98 Å². The first-order valence-corrected chi connectivity index (χ1v) is 15.8. The molecule has 13 nitrogen and oxygen atoms in total. The van der Waals surface area contributed by atoms with Crippen molar-refractivity contribution in [2.24, 2.45) is 0 Å². The van der Waals surface area contributed by atoms with Crippen LogP contribution < -0.4 is 15.0 Å². The molecule has 0 amide bonds. The van der Waals surface area contributed by atoms with Crippen molar-refractivity contribution in [2.45, 2.75) is 24.4 Å². The molecule has 2 aromatic heterocycles. The third-order valence-corrected chi connectivity index (χ3v) is 9.08. The lowest BCUT2D eigenvalue weighted by Gasteiger charge is -2.16. The monoisotopic (exact) mass is 651 g/mol. The Bertz CT molecular complexity index is 1880. The number of hydrogen-bond acceptors (Lipinski definition) is 13. The van der Waals surface area contributed by atoms with E-state index < -0.39 is 28.4 Å². The van der Waals surface area contributed by atoms with E-state index in [1.165, 1.54) is 64.6 Å². The highest BCUT2D eigenvalue weighted by Gasteiger charge is 2.35. The van der Waals surface area contributed by atoms with E-state index in [4.69, 9.17) is 18.9 Å². The summed E-state index contributed by atoms with van der Waals surface area (Å²) in [5.74, 6) is -0.469. The summed E-state index contributed by atoms with van der Waals surface area (Å²) in [7, 11) is 5.49. The van der Waals surface area contributed by atoms with Crippen molar-refractivity contribution < 1.29 is 38.3 Å². The van der Waals surface area contributed by atoms with Crippen LogP contribution in [0.1, 0.15) is 28.8 Å². The Balaban J connectivity index is 1.44. The normalized spacial score (nSPS) is 11.6. The van der Waals surface area contributed by atoms with Gasteiger partial charge < -0.3 is 23.5 Å². The highest BCUT2D eigenvalue weighted by molar-refractivity contribution is 8.76. The molecule has 0 fully saturated rings. The van der Waals surface area contributed by atoms with Crippen molar-refractivity contribution >= 4 is 56.0 Å². The molecule has 1 aliphatic carbocycles. The van der Waals surface area contributed by atoms with Gasteiger partial charge in [0, 0.05) is 53.6 Å². The molecule has 0 bridgehead atoms. The largest absolute Gasteiger partial charge is 0.514 e. The molecule has 0 saturated heterocycles. The second-order valence-corrected chi connectivity index (χ2v) is 11.9. The van der Waals surface area contributed by atoms with Gasteiger partial charge in [-0.05, 0) is 47.5 Å². The Hall–Kier alpha value is -4.89. The number of nitro groups is 1. The minimum absolute atomic E-state index is 0.00401. The fourth-order valence-electron chi connectivity index (χ4n) is 4.85. The number of nitro benzene ring substituents is 1. The van der Waals surface area contributed by atoms with Gasteiger partial charge in [0.05, 0.1) is 35.8 Å². The molecule has 232 valence electrons. The van der Waals surface area contributed by atoms with Gasteiger partial charge in [0.25, 0.3) is 11.2 Å². The molecule has 45 heavy (non-hydrogen) atoms. The zero-order valence-corrected chi connectivity index (χ0v) is 25.6. The maximum absolute atomic E-state index is 13.9. The molecule has 0 spiro atoms. The van der Waals surface area contributed by atoms with Gasteiger partial charge in [0.2, 0.25) is 0 Å². The van der Waals surface area contributed by atoms with Crippen molar-refractivity contribution in [3.8, 4) is 22.8 Å². The van der Waals surface area contributed by atoms with E-state index in [-0.39, 0.29) is 70.8 Å². The van der Waals surface area contributed by atoms with Crippen LogP contribution >= 0.6 is 21.6 Å². The first kappa shape index (κ1) is 31.5. The quantitative estimate of drug-likeness (QED) is 0.0419. The SMILES string of the molecule is COC(=O)CCCn1c2c(c3ccc([N+](=O)[O-])cc3c1=O)C(=O)c1cc(OC(=O)OCCSSc3ccccn3)c(OC)cc1-2. The lowest BCUT2D eigenvalue weighted by molar-refractivity contribution is -0.384. The highest BCUT2D eigenvalue weighted by Crippen LogP contribution is 2.45. The number of pyridine rings is 2. The molecule has 5 rings (SSSR count). The smallest absolute Gasteiger partial charge is 0.493 e. The van der Waals surface area contributed by atoms with Crippen molar-refractivity contribution in [1.82, 2.24) is 9.55 Å². The number of hydrogen-bond donors (Lipinski definition) is 0. The average Bonchev–Trinajstić information content (AvgIpc) is 3.32. The lowest BCUT2D eigenvalue weighted by atomic mass is 10.0. The van der Waals surface area contributed by atoms with Crippen LogP contribution in [0.25, 0.3) is 22.0 Å². The number of non-ortho nitro benzene ring substituents is 1. The fourth-order valence-corrected chi connectivity index (χ4v) is 6.56. The summed E-state index contributed by atoms with van der Waals surface area (Å²) in [5.41, 5.74) is -0.000181. The topological polar surface area (TPSA) is 166 Å². The molecule has 0 atom stereocenters. The summed E-state index contributed by atoms with van der Waals surface area (Å²) in [6.07, 6.45) is 0.885. The first-order valence-electron chi connectivity index (χ1n) is 13.5. The van der Waals surface area contributed by atoms with Crippen molar-refractivity contribution in [1.29, 1.82) is 0 Å². The van der Waals surface area contributed by atoms with E-state index in [0.717, 1.165) is 11.1 Å². The van der Waals surface area contributed by atoms with Crippen LogP contribution in [0.3, 0.4) is 0 Å². The molecular weight excluding hydrogens is 626 g/mol. The summed E-state index contributed by atoms with van der Waals surface area (Å²) in [6.45, 7) is 0.0715. The predicted molar refractivity (Wildman–Crippen MR) is 166 cm³/mol. The number of rotatable bonds is 12. The summed E-state index contributed by atoms with van der Waals surface area (Å²) >= 11 is 0. The Morgan fingerprint density at radius 2 is 1.82 bits per heavy atom. The maximum Gasteiger partial charge on any atom is 0.514 e. The van der Waals surface area contributed by atoms with Crippen LogP contribution in [-0.2, 0) is 20.8 Å². The zero-order chi connectivity index (χ0) is 32.1. The van der Waals surface area contributed by atoms with Gasteiger partial charge in [-0.2, -0.15) is 0 Å². The number of nitrogens with zero attached hydrogens (tertiary/aromatic N) is 3. The average molecular weight is 652 g/mol. The molecule has 4 aromatic rings. The number of methoxy groups -OCH3 is 2. The van der Waals surface area contributed by atoms with Gasteiger partial charge in [0.1, 0.15) is 11.6 Å². The number of fused-ring (bicyclic) bond motifs is 5. The van der Waals surface area contributed by atoms with Gasteiger partial charge in [-0.3, -0.25) is 24.5 Å². The second kappa shape index (κ2) is 13.8. The highest BCUT2D eigenvalue weighted by atomic mass is 33.1. The van der Waals surface area contributed by atoms with Crippen molar-refractivity contribution in [2.75, 3.05) is 26.6 Å². The third-order valence-electron chi connectivity index (χ3n) is 6.85. The zero-order valence-electron chi connectivity index (χ0n) is 24.0. The molecule has 0 saturated carbocycles. The van der Waals surface area contributed by atoms with E-state index in [1.807, 2.05) is 18.2 Å². The van der Waals surface area contributed by atoms with Crippen LogP contribution in [0.4, 0.5) is 10.5 Å². The molecule has 0 N–H and O–H groups in total. The molecular formula is C30H25N3O10S2. The third kappa shape index (κ3) is 6.63. The van der Waals surface area contributed by atoms with Gasteiger partial charge in [-0.15, -0.1) is 0 Å². The van der Waals surface area contributed by atoms with Crippen LogP contribution in [0.2, 0.25) is 0 Å². The Morgan fingerprint density at radius 1 is 1.02 bits per heavy atom. The predicted octanol–water partition coefficient (Wildman–Crippen LogP) is 5.43. The number of benzene rings is 2. The maximum atomic E-state index is 13.9. The minimum atomic E-state index is -1.00. The van der Waals surface area contributed by atoms with Gasteiger partial charge in [0.15, 0.2) is 17.3 Å². The Morgan fingerprint density at radius 3 is 2.53 bits per heavy atom. The molecule has 2 heterocycles. The van der Waals surface area contributed by atoms with Crippen LogP contribution in [0.15, 0.2) is 64.5 Å². The number of carbonyl (C=O) groups is 3. The second-order valence-electron chi connectivity index (χ2n) is 9.50. The first-order chi connectivity index (χ1) is 21.7. The molecule has 15 heteroatoms. The fraction of sp³-hybridized carbons (Fsp3) is 0.233. The molecule has 0 radical (unpaired) electrons. The van der Waals surface area contributed by atoms with Crippen molar-refractivity contribution in [3.05, 3.63) is 86.3 Å². The number of ether oxygens (including phenoxy) is 4. The molecule has 1 aliphatic rings.